The normalized spacial score (nSPS) is 37.1. The molecule has 20 heavy (non-hydrogen) atoms. The highest BCUT2D eigenvalue weighted by Gasteiger charge is 2.65. The molecule has 1 amide bonds. The van der Waals surface area contributed by atoms with Gasteiger partial charge in [0.1, 0.15) is 0 Å². The Morgan fingerprint density at radius 2 is 2.05 bits per heavy atom. The summed E-state index contributed by atoms with van der Waals surface area (Å²) in [6, 6.07) is 6.18. The first-order chi connectivity index (χ1) is 9.81. The maximum Gasteiger partial charge on any atom is 0.251 e. The van der Waals surface area contributed by atoms with Gasteiger partial charge in [-0.2, -0.15) is 5.10 Å². The molecule has 3 saturated carbocycles. The zero-order valence-electron chi connectivity index (χ0n) is 11.2. The van der Waals surface area contributed by atoms with E-state index in [1.54, 1.807) is 6.20 Å². The molecule has 1 aromatic heterocycles. The van der Waals surface area contributed by atoms with Crippen molar-refractivity contribution in [2.75, 3.05) is 0 Å². The summed E-state index contributed by atoms with van der Waals surface area (Å²) >= 11 is 0. The SMILES string of the molecule is O=C(NC1C2C3CCC(C3)C12)c1ccc2cn[nH]c2c1. The van der Waals surface area contributed by atoms with E-state index in [2.05, 4.69) is 15.5 Å². The third-order valence-corrected chi connectivity index (χ3v) is 5.74. The van der Waals surface area contributed by atoms with Gasteiger partial charge in [0.05, 0.1) is 11.7 Å². The van der Waals surface area contributed by atoms with E-state index >= 15 is 0 Å². The smallest absolute Gasteiger partial charge is 0.251 e. The van der Waals surface area contributed by atoms with E-state index in [9.17, 15) is 4.79 Å². The molecule has 2 aromatic rings. The number of rotatable bonds is 2. The number of nitrogens with zero attached hydrogens (tertiary/aromatic N) is 1. The van der Waals surface area contributed by atoms with Gasteiger partial charge in [-0.05, 0) is 55.1 Å². The molecule has 2 N–H and O–H groups in total. The van der Waals surface area contributed by atoms with Gasteiger partial charge in [0.2, 0.25) is 0 Å². The first kappa shape index (κ1) is 10.9. The molecule has 3 aliphatic carbocycles. The van der Waals surface area contributed by atoms with Gasteiger partial charge >= 0.3 is 0 Å². The third kappa shape index (κ3) is 1.37. The number of carbonyl (C=O) groups excluding carboxylic acids is 1. The molecule has 102 valence electrons. The fraction of sp³-hybridized carbons (Fsp3) is 0.500. The Morgan fingerprint density at radius 3 is 2.85 bits per heavy atom. The Morgan fingerprint density at radius 1 is 1.25 bits per heavy atom. The van der Waals surface area contributed by atoms with Crippen LogP contribution in [-0.2, 0) is 0 Å². The van der Waals surface area contributed by atoms with Crippen LogP contribution in [0.15, 0.2) is 24.4 Å². The van der Waals surface area contributed by atoms with Crippen molar-refractivity contribution in [1.29, 1.82) is 0 Å². The molecular weight excluding hydrogens is 250 g/mol. The number of aromatic amines is 1. The van der Waals surface area contributed by atoms with Gasteiger partial charge in [0.25, 0.3) is 5.91 Å². The van der Waals surface area contributed by atoms with E-state index in [0.29, 0.717) is 6.04 Å². The van der Waals surface area contributed by atoms with Crippen LogP contribution in [0.4, 0.5) is 0 Å². The molecule has 4 unspecified atom stereocenters. The van der Waals surface area contributed by atoms with Crippen molar-refractivity contribution in [3.05, 3.63) is 30.0 Å². The number of amides is 1. The largest absolute Gasteiger partial charge is 0.349 e. The van der Waals surface area contributed by atoms with Gasteiger partial charge in [-0.3, -0.25) is 9.89 Å². The summed E-state index contributed by atoms with van der Waals surface area (Å²) in [6.45, 7) is 0. The second-order valence-electron chi connectivity index (χ2n) is 6.66. The third-order valence-electron chi connectivity index (χ3n) is 5.74. The lowest BCUT2D eigenvalue weighted by Gasteiger charge is -2.10. The molecule has 2 bridgehead atoms. The number of hydrogen-bond acceptors (Lipinski definition) is 2. The van der Waals surface area contributed by atoms with Crippen molar-refractivity contribution < 1.29 is 4.79 Å². The van der Waals surface area contributed by atoms with Crippen LogP contribution in [0, 0.1) is 23.7 Å². The summed E-state index contributed by atoms with van der Waals surface area (Å²) in [4.78, 5) is 12.4. The first-order valence-electron chi connectivity index (χ1n) is 7.55. The van der Waals surface area contributed by atoms with Crippen LogP contribution in [0.5, 0.6) is 0 Å². The highest BCUT2D eigenvalue weighted by atomic mass is 16.1. The molecule has 0 spiro atoms. The van der Waals surface area contributed by atoms with Gasteiger partial charge in [-0.25, -0.2) is 0 Å². The second-order valence-corrected chi connectivity index (χ2v) is 6.66. The molecule has 4 nitrogen and oxygen atoms in total. The molecule has 0 radical (unpaired) electrons. The van der Waals surface area contributed by atoms with Crippen molar-refractivity contribution in [1.82, 2.24) is 15.5 Å². The lowest BCUT2D eigenvalue weighted by molar-refractivity contribution is 0.0944. The number of aromatic nitrogens is 2. The van der Waals surface area contributed by atoms with Crippen LogP contribution in [0.2, 0.25) is 0 Å². The Labute approximate surface area is 116 Å². The summed E-state index contributed by atoms with van der Waals surface area (Å²) in [6.07, 6.45) is 5.97. The predicted octanol–water partition coefficient (Wildman–Crippen LogP) is 2.34. The zero-order valence-corrected chi connectivity index (χ0v) is 11.2. The zero-order chi connectivity index (χ0) is 13.3. The van der Waals surface area contributed by atoms with Crippen LogP contribution in [0.25, 0.3) is 10.9 Å². The Balaban J connectivity index is 1.36. The molecule has 0 aliphatic heterocycles. The summed E-state index contributed by atoms with van der Waals surface area (Å²) in [5, 5.41) is 11.2. The molecule has 3 aliphatic rings. The molecule has 4 atom stereocenters. The van der Waals surface area contributed by atoms with Crippen molar-refractivity contribution >= 4 is 16.8 Å². The quantitative estimate of drug-likeness (QED) is 0.877. The van der Waals surface area contributed by atoms with Crippen LogP contribution >= 0.6 is 0 Å². The Hall–Kier alpha value is -1.84. The van der Waals surface area contributed by atoms with E-state index in [-0.39, 0.29) is 5.91 Å². The lowest BCUT2D eigenvalue weighted by atomic mass is 10.0. The molecule has 1 heterocycles. The second kappa shape index (κ2) is 3.62. The van der Waals surface area contributed by atoms with E-state index in [1.807, 2.05) is 18.2 Å². The average Bonchev–Trinajstić information content (AvgIpc) is 2.92. The Bertz CT molecular complexity index is 691. The fourth-order valence-corrected chi connectivity index (χ4v) is 4.83. The van der Waals surface area contributed by atoms with Crippen molar-refractivity contribution in [2.45, 2.75) is 25.3 Å². The Kier molecular flexibility index (Phi) is 1.97. The number of nitrogens with one attached hydrogen (secondary N) is 2. The monoisotopic (exact) mass is 267 g/mol. The summed E-state index contributed by atoms with van der Waals surface area (Å²) in [7, 11) is 0. The molecule has 5 rings (SSSR count). The maximum atomic E-state index is 12.4. The van der Waals surface area contributed by atoms with Crippen LogP contribution in [0.3, 0.4) is 0 Å². The fourth-order valence-electron chi connectivity index (χ4n) is 4.83. The molecule has 4 heteroatoms. The average molecular weight is 267 g/mol. The molecule has 3 fully saturated rings. The van der Waals surface area contributed by atoms with Crippen molar-refractivity contribution in [2.24, 2.45) is 23.7 Å². The molecule has 1 aromatic carbocycles. The molecule has 0 saturated heterocycles. The minimum atomic E-state index is 0.0697. The number of hydrogen-bond donors (Lipinski definition) is 2. The lowest BCUT2D eigenvalue weighted by Crippen LogP contribution is -2.29. The number of fused-ring (bicyclic) bond motifs is 6. The number of H-pyrrole nitrogens is 1. The van der Waals surface area contributed by atoms with Gasteiger partial charge in [0, 0.05) is 17.0 Å². The summed E-state index contributed by atoms with van der Waals surface area (Å²) in [5.41, 5.74) is 1.66. The van der Waals surface area contributed by atoms with Crippen molar-refractivity contribution in [3.8, 4) is 0 Å². The standard InChI is InChI=1S/C16H17N3O/c20-16(10-3-4-11-7-17-19-12(11)6-10)18-15-13-8-1-2-9(5-8)14(13)15/h3-4,6-9,13-15H,1-2,5H2,(H,17,19)(H,18,20). The van der Waals surface area contributed by atoms with E-state index < -0.39 is 0 Å². The van der Waals surface area contributed by atoms with Crippen LogP contribution in [-0.4, -0.2) is 22.1 Å². The number of carbonyl (C=O) groups is 1. The minimum Gasteiger partial charge on any atom is -0.349 e. The number of benzene rings is 1. The summed E-state index contributed by atoms with van der Waals surface area (Å²) in [5.74, 6) is 3.43. The van der Waals surface area contributed by atoms with Gasteiger partial charge in [-0.15, -0.1) is 0 Å². The van der Waals surface area contributed by atoms with Gasteiger partial charge < -0.3 is 5.32 Å². The highest BCUT2D eigenvalue weighted by molar-refractivity contribution is 5.98. The topological polar surface area (TPSA) is 57.8 Å². The minimum absolute atomic E-state index is 0.0697. The van der Waals surface area contributed by atoms with E-state index in [4.69, 9.17) is 0 Å². The maximum absolute atomic E-state index is 12.4. The molecular formula is C16H17N3O. The first-order valence-corrected chi connectivity index (χ1v) is 7.55. The van der Waals surface area contributed by atoms with Gasteiger partial charge in [-0.1, -0.05) is 6.07 Å². The van der Waals surface area contributed by atoms with Crippen LogP contribution in [0.1, 0.15) is 29.6 Å². The van der Waals surface area contributed by atoms with Crippen molar-refractivity contribution in [3.63, 3.8) is 0 Å². The van der Waals surface area contributed by atoms with E-state index in [0.717, 1.165) is 40.1 Å². The van der Waals surface area contributed by atoms with Gasteiger partial charge in [0.15, 0.2) is 0 Å². The highest BCUT2D eigenvalue weighted by Crippen LogP contribution is 2.65. The van der Waals surface area contributed by atoms with E-state index in [1.165, 1.54) is 19.3 Å². The van der Waals surface area contributed by atoms with Crippen LogP contribution < -0.4 is 5.32 Å². The summed E-state index contributed by atoms with van der Waals surface area (Å²) < 4.78 is 0. The predicted molar refractivity (Wildman–Crippen MR) is 75.2 cm³/mol.